The summed E-state index contributed by atoms with van der Waals surface area (Å²) in [6.07, 6.45) is 0. The van der Waals surface area contributed by atoms with E-state index in [9.17, 15) is 15.3 Å². The van der Waals surface area contributed by atoms with Crippen molar-refractivity contribution in [3.05, 3.63) is 79.8 Å². The summed E-state index contributed by atoms with van der Waals surface area (Å²) in [5, 5.41) is 23.4. The van der Waals surface area contributed by atoms with Crippen LogP contribution in [0.15, 0.2) is 64.7 Å². The Kier molecular flexibility index (Phi) is 4.32. The molecule has 0 unspecified atom stereocenters. The van der Waals surface area contributed by atoms with Crippen molar-refractivity contribution in [1.82, 2.24) is 4.98 Å². The summed E-state index contributed by atoms with van der Waals surface area (Å²) in [4.78, 5) is 16.8. The van der Waals surface area contributed by atoms with Gasteiger partial charge >= 0.3 is 137 Å². The number of hydrogen-bond donors (Lipinski definition) is 1. The van der Waals surface area contributed by atoms with E-state index in [1.165, 1.54) is 12.1 Å². The third-order valence-electron chi connectivity index (χ3n) is 3.23. The first-order valence-electron chi connectivity index (χ1n) is 6.67. The van der Waals surface area contributed by atoms with Gasteiger partial charge in [0.1, 0.15) is 0 Å². The van der Waals surface area contributed by atoms with Gasteiger partial charge in [-0.05, 0) is 0 Å². The van der Waals surface area contributed by atoms with Gasteiger partial charge in [-0.15, -0.1) is 0 Å². The molecule has 2 aromatic carbocycles. The molecule has 7 heteroatoms. The average molecular weight is 372 g/mol. The molecule has 0 bridgehead atoms. The minimum absolute atomic E-state index is 0.00647. The molecule has 0 aliphatic heterocycles. The molecule has 0 spiro atoms. The first-order chi connectivity index (χ1) is 11.2. The summed E-state index contributed by atoms with van der Waals surface area (Å²) >= 11 is -0.0610. The Morgan fingerprint density at radius 2 is 1.83 bits per heavy atom. The van der Waals surface area contributed by atoms with Crippen LogP contribution in [-0.2, 0) is 0 Å². The van der Waals surface area contributed by atoms with Crippen molar-refractivity contribution in [2.45, 2.75) is 0 Å². The molecule has 0 amide bonds. The maximum atomic E-state index is 10.7. The number of benzene rings is 2. The van der Waals surface area contributed by atoms with Crippen LogP contribution in [0.4, 0.5) is 5.69 Å². The fourth-order valence-corrected chi connectivity index (χ4v) is 3.84. The Labute approximate surface area is 137 Å². The van der Waals surface area contributed by atoms with E-state index in [1.807, 2.05) is 35.3 Å². The fraction of sp³-hybridized carbons (Fsp3) is 0. The van der Waals surface area contributed by atoms with Gasteiger partial charge in [-0.2, -0.15) is 0 Å². The molecule has 0 radical (unpaired) electrons. The van der Waals surface area contributed by atoms with Crippen LogP contribution < -0.4 is 0 Å². The molecule has 0 fully saturated rings. The third kappa shape index (κ3) is 3.20. The maximum absolute atomic E-state index is 10.7. The van der Waals surface area contributed by atoms with Crippen LogP contribution >= 0.6 is 0 Å². The van der Waals surface area contributed by atoms with Crippen molar-refractivity contribution in [2.75, 3.05) is 0 Å². The van der Waals surface area contributed by atoms with E-state index >= 15 is 0 Å². The van der Waals surface area contributed by atoms with Gasteiger partial charge in [0.2, 0.25) is 0 Å². The molecule has 0 aliphatic carbocycles. The number of non-ortho nitro benzene ring substituents is 1. The predicted octanol–water partition coefficient (Wildman–Crippen LogP) is 2.94. The molecule has 1 aromatic heterocycles. The molecule has 0 saturated heterocycles. The quantitative estimate of drug-likeness (QED) is 0.251. The molecule has 0 saturated carbocycles. The molecule has 1 N–H and O–H groups in total. The second-order valence-electron chi connectivity index (χ2n) is 4.66. The zero-order valence-electron chi connectivity index (χ0n) is 11.8. The molecular weight excluding hydrogens is 361 g/mol. The van der Waals surface area contributed by atoms with Crippen LogP contribution in [0.3, 0.4) is 0 Å². The number of rotatable bonds is 4. The summed E-state index contributed by atoms with van der Waals surface area (Å²) in [7, 11) is 0. The Hall–Kier alpha value is -2.76. The van der Waals surface area contributed by atoms with Gasteiger partial charge in [0.05, 0.1) is 0 Å². The van der Waals surface area contributed by atoms with Crippen molar-refractivity contribution in [1.29, 1.82) is 0 Å². The molecule has 3 aromatic rings. The predicted molar refractivity (Wildman–Crippen MR) is 87.1 cm³/mol. The zero-order valence-corrected chi connectivity index (χ0v) is 13.5. The topological polar surface area (TPSA) is 88.6 Å². The fourth-order valence-electron chi connectivity index (χ4n) is 2.09. The van der Waals surface area contributed by atoms with Gasteiger partial charge in [-0.3, -0.25) is 0 Å². The van der Waals surface area contributed by atoms with Crippen molar-refractivity contribution >= 4 is 25.9 Å². The van der Waals surface area contributed by atoms with E-state index in [0.29, 0.717) is 15.8 Å². The van der Waals surface area contributed by atoms with Crippen LogP contribution in [0.5, 0.6) is 0 Å². The van der Waals surface area contributed by atoms with Gasteiger partial charge in [0.25, 0.3) is 0 Å². The number of nitro benzene ring substituents is 1. The summed E-state index contributed by atoms with van der Waals surface area (Å²) in [6, 6.07) is 15.6. The summed E-state index contributed by atoms with van der Waals surface area (Å²) in [5.41, 5.74) is 2.80. The average Bonchev–Trinajstić information content (AvgIpc) is 3.06. The van der Waals surface area contributed by atoms with Crippen LogP contribution in [0.2, 0.25) is 0 Å². The van der Waals surface area contributed by atoms with Gasteiger partial charge < -0.3 is 0 Å². The first kappa shape index (κ1) is 15.1. The van der Waals surface area contributed by atoms with E-state index in [4.69, 9.17) is 0 Å². The number of nitrogens with zero attached hydrogens (tertiary/aromatic N) is 3. The van der Waals surface area contributed by atoms with Gasteiger partial charge in [-0.1, -0.05) is 0 Å². The Bertz CT molecular complexity index is 858. The standard InChI is InChI=1S/C16H11N3O3Se/c20-18-15(12-6-8-13(9-7-12)19(21)22)16-17-14(10-23-16)11-4-2-1-3-5-11/h1-10,20H/b18-15+. The van der Waals surface area contributed by atoms with Crippen molar-refractivity contribution in [2.24, 2.45) is 5.16 Å². The molecule has 114 valence electrons. The number of nitro groups is 1. The monoisotopic (exact) mass is 373 g/mol. The molecule has 1 heterocycles. The van der Waals surface area contributed by atoms with Crippen LogP contribution in [0.1, 0.15) is 10.1 Å². The van der Waals surface area contributed by atoms with E-state index in [2.05, 4.69) is 10.1 Å². The Morgan fingerprint density at radius 1 is 1.13 bits per heavy atom. The van der Waals surface area contributed by atoms with Crippen LogP contribution in [-0.4, -0.2) is 35.3 Å². The normalized spacial score (nSPS) is 11.4. The van der Waals surface area contributed by atoms with E-state index in [-0.39, 0.29) is 20.2 Å². The van der Waals surface area contributed by atoms with Crippen LogP contribution in [0.25, 0.3) is 11.3 Å². The van der Waals surface area contributed by atoms with Crippen molar-refractivity contribution in [3.8, 4) is 11.3 Å². The second kappa shape index (κ2) is 6.56. The molecule has 0 atom stereocenters. The zero-order chi connectivity index (χ0) is 16.2. The van der Waals surface area contributed by atoms with E-state index in [1.54, 1.807) is 12.1 Å². The summed E-state index contributed by atoms with van der Waals surface area (Å²) in [6.45, 7) is 0. The van der Waals surface area contributed by atoms with E-state index in [0.717, 1.165) is 11.3 Å². The molecule has 3 rings (SSSR count). The van der Waals surface area contributed by atoms with Crippen LogP contribution in [0, 0.1) is 10.1 Å². The minimum atomic E-state index is -0.467. The number of hydrogen-bond acceptors (Lipinski definition) is 5. The van der Waals surface area contributed by atoms with Crippen molar-refractivity contribution in [3.63, 3.8) is 0 Å². The molecule has 6 nitrogen and oxygen atoms in total. The third-order valence-corrected chi connectivity index (χ3v) is 5.01. The van der Waals surface area contributed by atoms with Gasteiger partial charge in [0.15, 0.2) is 0 Å². The first-order valence-corrected chi connectivity index (χ1v) is 8.52. The number of oxime groups is 1. The Balaban J connectivity index is 1.93. The summed E-state index contributed by atoms with van der Waals surface area (Å²) in [5.74, 6) is 0. The van der Waals surface area contributed by atoms with E-state index < -0.39 is 4.92 Å². The Morgan fingerprint density at radius 3 is 2.43 bits per heavy atom. The second-order valence-corrected chi connectivity index (χ2v) is 6.46. The molecule has 0 aliphatic rings. The SMILES string of the molecule is O=[N+]([O-])c1ccc(/C(=N\O)c2nc(-c3ccccc3)c[se]2)cc1. The van der Waals surface area contributed by atoms with Gasteiger partial charge in [0, 0.05) is 0 Å². The molecular formula is C16H11N3O3Se. The summed E-state index contributed by atoms with van der Waals surface area (Å²) < 4.78 is 0.688. The number of aromatic nitrogens is 1. The van der Waals surface area contributed by atoms with Crippen molar-refractivity contribution < 1.29 is 10.1 Å². The van der Waals surface area contributed by atoms with Gasteiger partial charge in [-0.25, -0.2) is 0 Å². The molecule has 23 heavy (non-hydrogen) atoms.